The molecule has 14 heteroatoms. The number of aliphatic hydroxyl groups excluding tert-OH is 2. The summed E-state index contributed by atoms with van der Waals surface area (Å²) in [5.74, 6) is -1.20. The number of aliphatic hydroxyl groups is 2. The molecule has 4 atom stereocenters. The molecule has 2 aromatic carbocycles. The Morgan fingerprint density at radius 1 is 0.769 bits per heavy atom. The summed E-state index contributed by atoms with van der Waals surface area (Å²) in [5, 5.41) is 31.4. The van der Waals surface area contributed by atoms with Crippen molar-refractivity contribution < 1.29 is 38.9 Å². The van der Waals surface area contributed by atoms with Crippen molar-refractivity contribution in [2.75, 3.05) is 27.4 Å². The molecule has 0 aliphatic rings. The molecule has 0 spiro atoms. The molecule has 6 N–H and O–H groups in total. The number of hydrazine groups is 1. The number of nitrogens with one attached hydrogen (secondary N) is 4. The van der Waals surface area contributed by atoms with Crippen LogP contribution in [0.25, 0.3) is 11.3 Å². The summed E-state index contributed by atoms with van der Waals surface area (Å²) in [6.45, 7) is 8.13. The van der Waals surface area contributed by atoms with E-state index in [0.717, 1.165) is 29.5 Å². The van der Waals surface area contributed by atoms with Gasteiger partial charge in [-0.15, -0.1) is 0 Å². The fourth-order valence-corrected chi connectivity index (χ4v) is 5.41. The maximum Gasteiger partial charge on any atom is 0.407 e. The SMILES string of the molecule is COC(=O)N[C@H](C(=O)NN(Cc1ccc(-c2ccccn2)cc1)C[C@H](O)[C@H](Cc1ccccc1)NC(=O)[C@@H](NC(=O)OC)C(C)(C)CO)C(C)(C)C. The van der Waals surface area contributed by atoms with Gasteiger partial charge in [0, 0.05) is 30.3 Å². The summed E-state index contributed by atoms with van der Waals surface area (Å²) < 4.78 is 9.49. The largest absolute Gasteiger partial charge is 0.453 e. The van der Waals surface area contributed by atoms with E-state index in [1.54, 1.807) is 40.8 Å². The first-order valence-electron chi connectivity index (χ1n) is 17.0. The maximum absolute atomic E-state index is 13.8. The number of ether oxygens (including phenoxy) is 2. The minimum absolute atomic E-state index is 0.135. The predicted octanol–water partition coefficient (Wildman–Crippen LogP) is 3.18. The molecule has 0 saturated carbocycles. The quantitative estimate of drug-likeness (QED) is 0.120. The summed E-state index contributed by atoms with van der Waals surface area (Å²) in [7, 11) is 2.37. The Morgan fingerprint density at radius 3 is 1.90 bits per heavy atom. The van der Waals surface area contributed by atoms with Gasteiger partial charge in [-0.1, -0.05) is 95.3 Å². The zero-order valence-corrected chi connectivity index (χ0v) is 30.9. The average Bonchev–Trinajstić information content (AvgIpc) is 3.12. The van der Waals surface area contributed by atoms with Crippen LogP contribution < -0.4 is 21.4 Å². The highest BCUT2D eigenvalue weighted by Crippen LogP contribution is 2.23. The van der Waals surface area contributed by atoms with Gasteiger partial charge in [0.15, 0.2) is 0 Å². The van der Waals surface area contributed by atoms with E-state index >= 15 is 0 Å². The van der Waals surface area contributed by atoms with Crippen molar-refractivity contribution in [1.29, 1.82) is 0 Å². The van der Waals surface area contributed by atoms with E-state index in [1.165, 1.54) is 12.1 Å². The monoisotopic (exact) mass is 720 g/mol. The zero-order valence-electron chi connectivity index (χ0n) is 30.9. The van der Waals surface area contributed by atoms with Crippen LogP contribution in [0, 0.1) is 10.8 Å². The van der Waals surface area contributed by atoms with Crippen molar-refractivity contribution in [2.45, 2.75) is 71.8 Å². The van der Waals surface area contributed by atoms with Gasteiger partial charge in [0.05, 0.1) is 38.7 Å². The van der Waals surface area contributed by atoms with Gasteiger partial charge < -0.3 is 35.6 Å². The lowest BCUT2D eigenvalue weighted by atomic mass is 9.84. The normalized spacial score (nSPS) is 14.0. The number of hydrogen-bond donors (Lipinski definition) is 6. The van der Waals surface area contributed by atoms with Gasteiger partial charge in [0.25, 0.3) is 5.91 Å². The third-order valence-corrected chi connectivity index (χ3v) is 8.53. The fourth-order valence-electron chi connectivity index (χ4n) is 5.41. The number of methoxy groups -OCH3 is 2. The van der Waals surface area contributed by atoms with Crippen LogP contribution in [0.15, 0.2) is 79.0 Å². The lowest BCUT2D eigenvalue weighted by Gasteiger charge is -2.36. The van der Waals surface area contributed by atoms with Gasteiger partial charge in [-0.2, -0.15) is 0 Å². The zero-order chi connectivity index (χ0) is 38.5. The van der Waals surface area contributed by atoms with Gasteiger partial charge in [0.1, 0.15) is 12.1 Å². The molecule has 14 nitrogen and oxygen atoms in total. The summed E-state index contributed by atoms with van der Waals surface area (Å²) in [4.78, 5) is 56.4. The summed E-state index contributed by atoms with van der Waals surface area (Å²) in [6, 6.07) is 19.2. The molecule has 0 unspecified atom stereocenters. The van der Waals surface area contributed by atoms with Crippen LogP contribution in [-0.4, -0.2) is 95.8 Å². The van der Waals surface area contributed by atoms with Crippen molar-refractivity contribution in [1.82, 2.24) is 31.4 Å². The Labute approximate surface area is 305 Å². The van der Waals surface area contributed by atoms with Crippen LogP contribution >= 0.6 is 0 Å². The molecule has 0 fully saturated rings. The average molecular weight is 721 g/mol. The highest BCUT2D eigenvalue weighted by molar-refractivity contribution is 5.87. The number of amides is 4. The second-order valence-electron chi connectivity index (χ2n) is 14.3. The molecule has 4 amide bonds. The molecule has 1 heterocycles. The van der Waals surface area contributed by atoms with E-state index in [-0.39, 0.29) is 19.5 Å². The van der Waals surface area contributed by atoms with E-state index < -0.39 is 65.7 Å². The molecule has 1 aromatic heterocycles. The molecule has 0 aliphatic carbocycles. The van der Waals surface area contributed by atoms with E-state index in [2.05, 4.69) is 26.4 Å². The number of carbonyl (C=O) groups is 4. The lowest BCUT2D eigenvalue weighted by Crippen LogP contribution is -2.61. The van der Waals surface area contributed by atoms with E-state index in [9.17, 15) is 29.4 Å². The third-order valence-electron chi connectivity index (χ3n) is 8.53. The summed E-state index contributed by atoms with van der Waals surface area (Å²) >= 11 is 0. The van der Waals surface area contributed by atoms with Gasteiger partial charge in [0.2, 0.25) is 5.91 Å². The summed E-state index contributed by atoms with van der Waals surface area (Å²) in [5.41, 5.74) is 4.33. The van der Waals surface area contributed by atoms with Crippen LogP contribution in [0.3, 0.4) is 0 Å². The topological polar surface area (TPSA) is 191 Å². The molecule has 0 aliphatic heterocycles. The number of rotatable bonds is 16. The van der Waals surface area contributed by atoms with Crippen LogP contribution in [0.2, 0.25) is 0 Å². The molecule has 0 bridgehead atoms. The molecule has 52 heavy (non-hydrogen) atoms. The molecule has 0 saturated heterocycles. The smallest absolute Gasteiger partial charge is 0.407 e. The number of carbonyl (C=O) groups excluding carboxylic acids is 4. The van der Waals surface area contributed by atoms with Crippen LogP contribution in [-0.2, 0) is 32.0 Å². The van der Waals surface area contributed by atoms with Crippen molar-refractivity contribution in [3.63, 3.8) is 0 Å². The highest BCUT2D eigenvalue weighted by atomic mass is 16.5. The van der Waals surface area contributed by atoms with Crippen molar-refractivity contribution >= 4 is 24.0 Å². The van der Waals surface area contributed by atoms with Crippen molar-refractivity contribution in [3.05, 3.63) is 90.1 Å². The standard InChI is InChI=1S/C38H52N6O8/c1-37(2,3)31(41-35(49)51-6)34(48)43-44(22-26-16-18-27(19-17-26)28-15-11-12-20-39-28)23-30(46)29(21-25-13-9-8-10-14-25)40-33(47)32(38(4,5)24-45)42-36(50)52-7/h8-20,29-32,45-46H,21-24H2,1-7H3,(H,40,47)(H,41,49)(H,42,50)(H,43,48)/t29-,30-,31+,32+/m0/s1. The molecular weight excluding hydrogens is 668 g/mol. The number of benzene rings is 2. The lowest BCUT2D eigenvalue weighted by molar-refractivity contribution is -0.132. The van der Waals surface area contributed by atoms with Crippen LogP contribution in [0.4, 0.5) is 9.59 Å². The molecule has 3 aromatic rings. The first-order chi connectivity index (χ1) is 24.6. The third kappa shape index (κ3) is 12.3. The number of nitrogens with zero attached hydrogens (tertiary/aromatic N) is 2. The highest BCUT2D eigenvalue weighted by Gasteiger charge is 2.39. The number of alkyl carbamates (subject to hydrolysis) is 2. The Kier molecular flexibility index (Phi) is 15.1. The molecular formula is C38H52N6O8. The predicted molar refractivity (Wildman–Crippen MR) is 195 cm³/mol. The fraction of sp³-hybridized carbons (Fsp3) is 0.447. The molecule has 282 valence electrons. The number of aromatic nitrogens is 1. The van der Waals surface area contributed by atoms with Crippen molar-refractivity contribution in [3.8, 4) is 11.3 Å². The maximum atomic E-state index is 13.8. The van der Waals surface area contributed by atoms with E-state index in [1.807, 2.05) is 72.8 Å². The van der Waals surface area contributed by atoms with Gasteiger partial charge in [-0.25, -0.2) is 14.6 Å². The number of pyridine rings is 1. The molecule has 3 rings (SSSR count). The Bertz CT molecular complexity index is 1600. The van der Waals surface area contributed by atoms with Gasteiger partial charge >= 0.3 is 12.2 Å². The minimum atomic E-state index is -1.28. The first-order valence-corrected chi connectivity index (χ1v) is 17.0. The van der Waals surface area contributed by atoms with Gasteiger partial charge in [-0.05, 0) is 35.1 Å². The second kappa shape index (κ2) is 19.0. The second-order valence-corrected chi connectivity index (χ2v) is 14.3. The Hall–Kier alpha value is -5.05. The molecule has 0 radical (unpaired) electrons. The van der Waals surface area contributed by atoms with Crippen LogP contribution in [0.1, 0.15) is 45.7 Å². The Balaban J connectivity index is 1.97. The number of hydrogen-bond acceptors (Lipinski definition) is 10. The van der Waals surface area contributed by atoms with Crippen molar-refractivity contribution in [2.24, 2.45) is 10.8 Å². The minimum Gasteiger partial charge on any atom is -0.453 e. The van der Waals surface area contributed by atoms with E-state index in [0.29, 0.717) is 0 Å². The first kappa shape index (κ1) is 41.4. The summed E-state index contributed by atoms with van der Waals surface area (Å²) in [6.07, 6.45) is -1.03. The van der Waals surface area contributed by atoms with Gasteiger partial charge in [-0.3, -0.25) is 20.0 Å². The van der Waals surface area contributed by atoms with E-state index in [4.69, 9.17) is 9.47 Å². The van der Waals surface area contributed by atoms with Crippen LogP contribution in [0.5, 0.6) is 0 Å². The Morgan fingerprint density at radius 2 is 1.37 bits per heavy atom.